The van der Waals surface area contributed by atoms with Crippen molar-refractivity contribution in [3.8, 4) is 17.0 Å². The summed E-state index contributed by atoms with van der Waals surface area (Å²) < 4.78 is 7.54. The summed E-state index contributed by atoms with van der Waals surface area (Å²) in [7, 11) is 0. The summed E-state index contributed by atoms with van der Waals surface area (Å²) in [4.78, 5) is 4.78. The molecule has 3 aromatic rings. The number of rotatable bonds is 5. The lowest BCUT2D eigenvalue weighted by molar-refractivity contribution is 0.340. The highest BCUT2D eigenvalue weighted by molar-refractivity contribution is 6.30. The second-order valence-electron chi connectivity index (χ2n) is 5.52. The Morgan fingerprint density at radius 1 is 1.22 bits per heavy atom. The van der Waals surface area contributed by atoms with Crippen LogP contribution in [-0.2, 0) is 0 Å². The van der Waals surface area contributed by atoms with Gasteiger partial charge in [0, 0.05) is 24.2 Å². The Labute approximate surface area is 140 Å². The van der Waals surface area contributed by atoms with Gasteiger partial charge in [0.25, 0.3) is 0 Å². The van der Waals surface area contributed by atoms with Gasteiger partial charge in [0.1, 0.15) is 11.4 Å². The van der Waals surface area contributed by atoms with E-state index >= 15 is 0 Å². The molecule has 0 spiro atoms. The van der Waals surface area contributed by atoms with Crippen molar-refractivity contribution < 1.29 is 4.74 Å². The van der Waals surface area contributed by atoms with Gasteiger partial charge < -0.3 is 14.9 Å². The smallest absolute Gasteiger partial charge is 0.137 e. The summed E-state index contributed by atoms with van der Waals surface area (Å²) in [6.07, 6.45) is 1.89. The molecule has 2 heterocycles. The molecule has 2 N–H and O–H groups in total. The van der Waals surface area contributed by atoms with Gasteiger partial charge in [-0.3, -0.25) is 0 Å². The van der Waals surface area contributed by atoms with Crippen molar-refractivity contribution in [2.24, 2.45) is 5.73 Å². The minimum Gasteiger partial charge on any atom is -0.494 e. The lowest BCUT2D eigenvalue weighted by Gasteiger charge is -2.12. The van der Waals surface area contributed by atoms with E-state index in [1.165, 1.54) is 0 Å². The molecule has 0 aliphatic heterocycles. The van der Waals surface area contributed by atoms with Gasteiger partial charge in [-0.2, -0.15) is 0 Å². The van der Waals surface area contributed by atoms with Crippen LogP contribution >= 0.6 is 11.6 Å². The highest BCUT2D eigenvalue weighted by atomic mass is 35.5. The SMILES string of the molecule is CCOc1ccc(-c2nc3ccc(Cl)cn3c2C(C)CN)cc1. The van der Waals surface area contributed by atoms with E-state index in [1.54, 1.807) is 0 Å². The quantitative estimate of drug-likeness (QED) is 0.766. The molecule has 0 amide bonds. The van der Waals surface area contributed by atoms with Crippen LogP contribution in [0.15, 0.2) is 42.6 Å². The summed E-state index contributed by atoms with van der Waals surface area (Å²) >= 11 is 6.15. The minimum absolute atomic E-state index is 0.171. The van der Waals surface area contributed by atoms with E-state index in [0.717, 1.165) is 28.3 Å². The van der Waals surface area contributed by atoms with Crippen LogP contribution in [0.4, 0.5) is 0 Å². The molecule has 0 radical (unpaired) electrons. The predicted octanol–water partition coefficient (Wildman–Crippen LogP) is 4.12. The van der Waals surface area contributed by atoms with Crippen molar-refractivity contribution in [3.63, 3.8) is 0 Å². The normalized spacial score (nSPS) is 12.5. The van der Waals surface area contributed by atoms with Crippen LogP contribution in [-0.4, -0.2) is 22.5 Å². The zero-order valence-electron chi connectivity index (χ0n) is 13.3. The first kappa shape index (κ1) is 15.8. The Hall–Kier alpha value is -2.04. The van der Waals surface area contributed by atoms with Crippen LogP contribution in [0.25, 0.3) is 16.9 Å². The molecule has 3 rings (SSSR count). The molecule has 1 unspecified atom stereocenters. The fraction of sp³-hybridized carbons (Fsp3) is 0.278. The molecular weight excluding hydrogens is 310 g/mol. The lowest BCUT2D eigenvalue weighted by atomic mass is 10.0. The number of benzene rings is 1. The molecule has 1 atom stereocenters. The van der Waals surface area contributed by atoms with Crippen LogP contribution in [0, 0.1) is 0 Å². The number of nitrogens with zero attached hydrogens (tertiary/aromatic N) is 2. The Kier molecular flexibility index (Phi) is 4.55. The van der Waals surface area contributed by atoms with E-state index in [4.69, 9.17) is 27.1 Å². The van der Waals surface area contributed by atoms with Crippen LogP contribution in [0.3, 0.4) is 0 Å². The number of hydrogen-bond donors (Lipinski definition) is 1. The third-order valence-corrected chi connectivity index (χ3v) is 4.10. The summed E-state index contributed by atoms with van der Waals surface area (Å²) in [6, 6.07) is 11.8. The second kappa shape index (κ2) is 6.60. The van der Waals surface area contributed by atoms with Gasteiger partial charge in [0.15, 0.2) is 0 Å². The summed E-state index contributed by atoms with van der Waals surface area (Å²) in [5.74, 6) is 1.03. The number of nitrogens with two attached hydrogens (primary N) is 1. The number of aromatic nitrogens is 2. The van der Waals surface area contributed by atoms with Crippen LogP contribution in [0.1, 0.15) is 25.5 Å². The molecule has 0 bridgehead atoms. The molecule has 0 aliphatic carbocycles. The molecule has 0 fully saturated rings. The van der Waals surface area contributed by atoms with E-state index in [-0.39, 0.29) is 5.92 Å². The monoisotopic (exact) mass is 329 g/mol. The average molecular weight is 330 g/mol. The second-order valence-corrected chi connectivity index (χ2v) is 5.95. The van der Waals surface area contributed by atoms with Gasteiger partial charge in [0.05, 0.1) is 23.0 Å². The first-order valence-electron chi connectivity index (χ1n) is 7.74. The van der Waals surface area contributed by atoms with Gasteiger partial charge in [-0.05, 0) is 43.3 Å². The molecule has 5 heteroatoms. The molecule has 4 nitrogen and oxygen atoms in total. The predicted molar refractivity (Wildman–Crippen MR) is 94.3 cm³/mol. The summed E-state index contributed by atoms with van der Waals surface area (Å²) in [5.41, 5.74) is 9.84. The minimum atomic E-state index is 0.171. The van der Waals surface area contributed by atoms with Crippen LogP contribution < -0.4 is 10.5 Å². The topological polar surface area (TPSA) is 52.5 Å². The fourth-order valence-electron chi connectivity index (χ4n) is 2.71. The Morgan fingerprint density at radius 2 is 1.96 bits per heavy atom. The number of hydrogen-bond acceptors (Lipinski definition) is 3. The fourth-order valence-corrected chi connectivity index (χ4v) is 2.87. The van der Waals surface area contributed by atoms with Gasteiger partial charge in [0.2, 0.25) is 0 Å². The lowest BCUT2D eigenvalue weighted by Crippen LogP contribution is -2.12. The Morgan fingerprint density at radius 3 is 2.61 bits per heavy atom. The van der Waals surface area contributed by atoms with Crippen molar-refractivity contribution in [1.29, 1.82) is 0 Å². The number of halogens is 1. The Bertz CT molecular complexity index is 811. The average Bonchev–Trinajstić information content (AvgIpc) is 2.93. The molecule has 0 saturated heterocycles. The molecule has 120 valence electrons. The summed E-state index contributed by atoms with van der Waals surface area (Å²) in [5, 5.41) is 0.679. The molecule has 0 saturated carbocycles. The standard InChI is InChI=1S/C18H20ClN3O/c1-3-23-15-7-4-13(5-8-15)17-18(12(2)10-20)22-11-14(19)6-9-16(22)21-17/h4-9,11-12H,3,10,20H2,1-2H3. The molecule has 2 aromatic heterocycles. The number of imidazole rings is 1. The molecule has 23 heavy (non-hydrogen) atoms. The number of fused-ring (bicyclic) bond motifs is 1. The van der Waals surface area contributed by atoms with E-state index < -0.39 is 0 Å². The van der Waals surface area contributed by atoms with Gasteiger partial charge in [-0.1, -0.05) is 18.5 Å². The van der Waals surface area contributed by atoms with Crippen molar-refractivity contribution in [3.05, 3.63) is 53.3 Å². The number of pyridine rings is 1. The molecular formula is C18H20ClN3O. The maximum Gasteiger partial charge on any atom is 0.137 e. The molecule has 1 aromatic carbocycles. The Balaban J connectivity index is 2.15. The maximum atomic E-state index is 6.15. The van der Waals surface area contributed by atoms with E-state index in [1.807, 2.05) is 53.9 Å². The largest absolute Gasteiger partial charge is 0.494 e. The van der Waals surface area contributed by atoms with Crippen LogP contribution in [0.2, 0.25) is 5.02 Å². The van der Waals surface area contributed by atoms with Crippen LogP contribution in [0.5, 0.6) is 5.75 Å². The maximum absolute atomic E-state index is 6.15. The zero-order chi connectivity index (χ0) is 16.4. The number of ether oxygens (including phenoxy) is 1. The first-order valence-corrected chi connectivity index (χ1v) is 8.12. The van der Waals surface area contributed by atoms with E-state index in [9.17, 15) is 0 Å². The van der Waals surface area contributed by atoms with E-state index in [0.29, 0.717) is 18.2 Å². The van der Waals surface area contributed by atoms with Gasteiger partial charge in [-0.25, -0.2) is 4.98 Å². The van der Waals surface area contributed by atoms with Gasteiger partial charge >= 0.3 is 0 Å². The van der Waals surface area contributed by atoms with E-state index in [2.05, 4.69) is 6.92 Å². The molecule has 0 aliphatic rings. The van der Waals surface area contributed by atoms with Crippen molar-refractivity contribution >= 4 is 17.2 Å². The highest BCUT2D eigenvalue weighted by Crippen LogP contribution is 2.31. The van der Waals surface area contributed by atoms with Crippen molar-refractivity contribution in [1.82, 2.24) is 9.38 Å². The first-order chi connectivity index (χ1) is 11.1. The highest BCUT2D eigenvalue weighted by Gasteiger charge is 2.18. The third kappa shape index (κ3) is 3.05. The van der Waals surface area contributed by atoms with Crippen molar-refractivity contribution in [2.45, 2.75) is 19.8 Å². The third-order valence-electron chi connectivity index (χ3n) is 3.88. The summed E-state index contributed by atoms with van der Waals surface area (Å²) in [6.45, 7) is 5.27. The van der Waals surface area contributed by atoms with Crippen molar-refractivity contribution in [2.75, 3.05) is 13.2 Å². The van der Waals surface area contributed by atoms with Gasteiger partial charge in [-0.15, -0.1) is 0 Å². The zero-order valence-corrected chi connectivity index (χ0v) is 14.0.